The minimum atomic E-state index is -4.41. The zero-order chi connectivity index (χ0) is 20.3. The maximum atomic E-state index is 12.9. The third-order valence-electron chi connectivity index (χ3n) is 4.30. The Kier molecular flexibility index (Phi) is 5.85. The van der Waals surface area contributed by atoms with Crippen LogP contribution in [0.4, 0.5) is 13.2 Å². The van der Waals surface area contributed by atoms with Gasteiger partial charge in [0.2, 0.25) is 0 Å². The fourth-order valence-corrected chi connectivity index (χ4v) is 3.66. The summed E-state index contributed by atoms with van der Waals surface area (Å²) in [7, 11) is 1.81. The SMILES string of the molecule is Cn1nccc1-c1csc(C(=O)N[C@H](CN)Cc2cccc(C(F)(F)F)c2)c1. The molecule has 0 saturated carbocycles. The predicted octanol–water partition coefficient (Wildman–Crippen LogP) is 3.47. The molecule has 2 aromatic heterocycles. The van der Waals surface area contributed by atoms with E-state index in [0.717, 1.165) is 23.4 Å². The number of thiophene rings is 1. The highest BCUT2D eigenvalue weighted by Crippen LogP contribution is 2.30. The number of nitrogens with two attached hydrogens (primary N) is 1. The van der Waals surface area contributed by atoms with Crippen LogP contribution in [-0.2, 0) is 19.6 Å². The van der Waals surface area contributed by atoms with Crippen molar-refractivity contribution in [2.24, 2.45) is 12.8 Å². The molecule has 5 nitrogen and oxygen atoms in total. The molecule has 0 aliphatic rings. The van der Waals surface area contributed by atoms with Gasteiger partial charge in [-0.25, -0.2) is 0 Å². The molecular weight excluding hydrogens is 389 g/mol. The van der Waals surface area contributed by atoms with Crippen molar-refractivity contribution in [3.63, 3.8) is 0 Å². The summed E-state index contributed by atoms with van der Waals surface area (Å²) in [5, 5.41) is 8.77. The summed E-state index contributed by atoms with van der Waals surface area (Å²) < 4.78 is 40.3. The quantitative estimate of drug-likeness (QED) is 0.656. The van der Waals surface area contributed by atoms with Crippen LogP contribution in [-0.4, -0.2) is 28.3 Å². The number of halogens is 3. The number of aromatic nitrogens is 2. The number of nitrogens with zero attached hydrogens (tertiary/aromatic N) is 2. The van der Waals surface area contributed by atoms with Crippen molar-refractivity contribution in [2.75, 3.05) is 6.54 Å². The van der Waals surface area contributed by atoms with E-state index in [0.29, 0.717) is 10.4 Å². The van der Waals surface area contributed by atoms with Gasteiger partial charge in [-0.1, -0.05) is 18.2 Å². The Balaban J connectivity index is 1.69. The first-order valence-corrected chi connectivity index (χ1v) is 9.40. The Morgan fingerprint density at radius 2 is 2.11 bits per heavy atom. The van der Waals surface area contributed by atoms with Gasteiger partial charge in [0.25, 0.3) is 5.91 Å². The predicted molar refractivity (Wildman–Crippen MR) is 102 cm³/mol. The minimum Gasteiger partial charge on any atom is -0.347 e. The van der Waals surface area contributed by atoms with Gasteiger partial charge in [0, 0.05) is 36.8 Å². The van der Waals surface area contributed by atoms with Gasteiger partial charge in [0.05, 0.1) is 16.1 Å². The second-order valence-corrected chi connectivity index (χ2v) is 7.26. The topological polar surface area (TPSA) is 72.9 Å². The number of rotatable bonds is 6. The molecule has 0 saturated heterocycles. The highest BCUT2D eigenvalue weighted by atomic mass is 32.1. The van der Waals surface area contributed by atoms with E-state index in [1.807, 2.05) is 18.5 Å². The Morgan fingerprint density at radius 1 is 1.32 bits per heavy atom. The van der Waals surface area contributed by atoms with Crippen LogP contribution in [0, 0.1) is 0 Å². The summed E-state index contributed by atoms with van der Waals surface area (Å²) >= 11 is 1.29. The highest BCUT2D eigenvalue weighted by molar-refractivity contribution is 7.12. The Labute approximate surface area is 164 Å². The lowest BCUT2D eigenvalue weighted by atomic mass is 10.0. The van der Waals surface area contributed by atoms with E-state index in [1.54, 1.807) is 23.0 Å². The Morgan fingerprint density at radius 3 is 2.75 bits per heavy atom. The maximum absolute atomic E-state index is 12.9. The number of benzene rings is 1. The molecule has 9 heteroatoms. The summed E-state index contributed by atoms with van der Waals surface area (Å²) in [5.41, 5.74) is 7.23. The lowest BCUT2D eigenvalue weighted by Crippen LogP contribution is -2.41. The van der Waals surface area contributed by atoms with E-state index in [-0.39, 0.29) is 18.9 Å². The first-order chi connectivity index (χ1) is 13.3. The lowest BCUT2D eigenvalue weighted by molar-refractivity contribution is -0.137. The van der Waals surface area contributed by atoms with Gasteiger partial charge < -0.3 is 11.1 Å². The molecule has 0 fully saturated rings. The van der Waals surface area contributed by atoms with E-state index in [1.165, 1.54) is 17.4 Å². The molecule has 3 rings (SSSR count). The van der Waals surface area contributed by atoms with Crippen LogP contribution in [0.25, 0.3) is 11.3 Å². The zero-order valence-electron chi connectivity index (χ0n) is 15.0. The summed E-state index contributed by atoms with van der Waals surface area (Å²) in [6.45, 7) is 0.113. The zero-order valence-corrected chi connectivity index (χ0v) is 15.8. The Bertz CT molecular complexity index is 964. The molecule has 1 amide bonds. The molecule has 3 N–H and O–H groups in total. The molecule has 0 radical (unpaired) electrons. The second kappa shape index (κ2) is 8.15. The van der Waals surface area contributed by atoms with E-state index in [2.05, 4.69) is 10.4 Å². The van der Waals surface area contributed by atoms with Crippen molar-refractivity contribution in [3.8, 4) is 11.3 Å². The molecule has 3 aromatic rings. The second-order valence-electron chi connectivity index (χ2n) is 6.35. The monoisotopic (exact) mass is 408 g/mol. The van der Waals surface area contributed by atoms with E-state index in [4.69, 9.17) is 5.73 Å². The molecule has 0 aliphatic carbocycles. The molecule has 148 valence electrons. The molecule has 0 aliphatic heterocycles. The summed E-state index contributed by atoms with van der Waals surface area (Å²) in [4.78, 5) is 13.0. The van der Waals surface area contributed by atoms with Gasteiger partial charge in [0.1, 0.15) is 0 Å². The van der Waals surface area contributed by atoms with Crippen LogP contribution in [0.15, 0.2) is 48.0 Å². The van der Waals surface area contributed by atoms with Gasteiger partial charge in [-0.3, -0.25) is 9.48 Å². The molecular formula is C19H19F3N4OS. The molecule has 2 heterocycles. The van der Waals surface area contributed by atoms with Crippen molar-refractivity contribution in [2.45, 2.75) is 18.6 Å². The fourth-order valence-electron chi connectivity index (χ4n) is 2.86. The molecule has 1 aromatic carbocycles. The standard InChI is InChI=1S/C19H19F3N4OS/c1-26-16(5-6-24-26)13-9-17(28-11-13)18(27)25-15(10-23)8-12-3-2-4-14(7-12)19(20,21)22/h2-7,9,11,15H,8,10,23H2,1H3,(H,25,27)/t15-/m0/s1. The van der Waals surface area contributed by atoms with Crippen LogP contribution in [0.5, 0.6) is 0 Å². The average molecular weight is 408 g/mol. The smallest absolute Gasteiger partial charge is 0.347 e. The van der Waals surface area contributed by atoms with Crippen LogP contribution in [0.2, 0.25) is 0 Å². The van der Waals surface area contributed by atoms with Crippen LogP contribution >= 0.6 is 11.3 Å². The van der Waals surface area contributed by atoms with E-state index in [9.17, 15) is 18.0 Å². The molecule has 0 spiro atoms. The number of alkyl halides is 3. The van der Waals surface area contributed by atoms with E-state index < -0.39 is 17.8 Å². The number of hydrogen-bond donors (Lipinski definition) is 2. The summed E-state index contributed by atoms with van der Waals surface area (Å²) in [5.74, 6) is -0.305. The number of aryl methyl sites for hydroxylation is 1. The van der Waals surface area contributed by atoms with Crippen molar-refractivity contribution >= 4 is 17.2 Å². The number of hydrogen-bond acceptors (Lipinski definition) is 4. The van der Waals surface area contributed by atoms with Crippen LogP contribution in [0.3, 0.4) is 0 Å². The summed E-state index contributed by atoms with van der Waals surface area (Å²) in [6, 6.07) is 8.18. The average Bonchev–Trinajstić information content (AvgIpc) is 3.29. The van der Waals surface area contributed by atoms with Crippen LogP contribution < -0.4 is 11.1 Å². The van der Waals surface area contributed by atoms with Crippen LogP contribution in [0.1, 0.15) is 20.8 Å². The van der Waals surface area contributed by atoms with Crippen molar-refractivity contribution < 1.29 is 18.0 Å². The first kappa shape index (κ1) is 20.1. The number of nitrogens with one attached hydrogen (secondary N) is 1. The van der Waals surface area contributed by atoms with Crippen molar-refractivity contribution in [1.82, 2.24) is 15.1 Å². The molecule has 28 heavy (non-hydrogen) atoms. The van der Waals surface area contributed by atoms with Crippen molar-refractivity contribution in [1.29, 1.82) is 0 Å². The normalized spacial score (nSPS) is 12.8. The minimum absolute atomic E-state index is 0.113. The maximum Gasteiger partial charge on any atom is 0.416 e. The summed E-state index contributed by atoms with van der Waals surface area (Å²) in [6.07, 6.45) is -2.52. The van der Waals surface area contributed by atoms with Gasteiger partial charge in [-0.2, -0.15) is 18.3 Å². The largest absolute Gasteiger partial charge is 0.416 e. The molecule has 1 atom stereocenters. The van der Waals surface area contributed by atoms with E-state index >= 15 is 0 Å². The highest BCUT2D eigenvalue weighted by Gasteiger charge is 2.30. The fraction of sp³-hybridized carbons (Fsp3) is 0.263. The van der Waals surface area contributed by atoms with Gasteiger partial charge in [-0.05, 0) is 30.2 Å². The molecule has 0 unspecified atom stereocenters. The number of carbonyl (C=O) groups excluding carboxylic acids is 1. The van der Waals surface area contributed by atoms with Gasteiger partial charge >= 0.3 is 6.18 Å². The van der Waals surface area contributed by atoms with Gasteiger partial charge in [-0.15, -0.1) is 11.3 Å². The Hall–Kier alpha value is -2.65. The first-order valence-electron chi connectivity index (χ1n) is 8.52. The number of amides is 1. The van der Waals surface area contributed by atoms with Gasteiger partial charge in [0.15, 0.2) is 0 Å². The number of carbonyl (C=O) groups is 1. The van der Waals surface area contributed by atoms with Crippen molar-refractivity contribution in [3.05, 3.63) is 64.0 Å². The molecule has 0 bridgehead atoms. The lowest BCUT2D eigenvalue weighted by Gasteiger charge is -2.17. The third kappa shape index (κ3) is 4.60. The third-order valence-corrected chi connectivity index (χ3v) is 5.23.